The van der Waals surface area contributed by atoms with Crippen LogP contribution in [0.15, 0.2) is 29.2 Å². The lowest BCUT2D eigenvalue weighted by Gasteiger charge is -2.23. The summed E-state index contributed by atoms with van der Waals surface area (Å²) in [7, 11) is -0.0488. The van der Waals surface area contributed by atoms with Gasteiger partial charge in [-0.05, 0) is 26.4 Å². The van der Waals surface area contributed by atoms with Crippen LogP contribution in [0, 0.1) is 10.1 Å². The number of sulfonamides is 1. The first-order valence-electron chi connectivity index (χ1n) is 6.71. The van der Waals surface area contributed by atoms with Gasteiger partial charge in [-0.25, -0.2) is 8.42 Å². The van der Waals surface area contributed by atoms with Crippen LogP contribution in [-0.2, 0) is 10.0 Å². The smallest absolute Gasteiger partial charge is 0.289 e. The fourth-order valence-corrected chi connectivity index (χ4v) is 5.32. The molecule has 0 amide bonds. The molecule has 9 heteroatoms. The van der Waals surface area contributed by atoms with Crippen LogP contribution in [0.25, 0.3) is 0 Å². The molecule has 1 aliphatic rings. The third-order valence-corrected chi connectivity index (χ3v) is 6.80. The van der Waals surface area contributed by atoms with E-state index in [-0.39, 0.29) is 21.9 Å². The van der Waals surface area contributed by atoms with Gasteiger partial charge in [0.15, 0.2) is 4.90 Å². The Bertz CT molecular complexity index is 663. The Balaban J connectivity index is 2.39. The molecule has 1 aliphatic heterocycles. The Labute approximate surface area is 134 Å². The molecular weight excluding hydrogens is 326 g/mol. The highest BCUT2D eigenvalue weighted by molar-refractivity contribution is 7.99. The van der Waals surface area contributed by atoms with Gasteiger partial charge in [-0.15, -0.1) is 0 Å². The number of nitrogens with zero attached hydrogens (tertiary/aromatic N) is 3. The lowest BCUT2D eigenvalue weighted by molar-refractivity contribution is -0.387. The van der Waals surface area contributed by atoms with Crippen molar-refractivity contribution >= 4 is 27.5 Å². The average molecular weight is 345 g/mol. The highest BCUT2D eigenvalue weighted by atomic mass is 32.2. The van der Waals surface area contributed by atoms with Gasteiger partial charge in [0, 0.05) is 30.4 Å². The van der Waals surface area contributed by atoms with Gasteiger partial charge in [-0.3, -0.25) is 10.1 Å². The van der Waals surface area contributed by atoms with Crippen LogP contribution in [0.5, 0.6) is 0 Å². The number of thioether (sulfide) groups is 1. The van der Waals surface area contributed by atoms with E-state index in [4.69, 9.17) is 0 Å². The molecule has 0 spiro atoms. The fraction of sp³-hybridized carbons (Fsp3) is 0.538. The van der Waals surface area contributed by atoms with Gasteiger partial charge in [0.1, 0.15) is 0 Å². The summed E-state index contributed by atoms with van der Waals surface area (Å²) in [4.78, 5) is 12.2. The first kappa shape index (κ1) is 17.2. The second-order valence-corrected chi connectivity index (χ2v) is 8.34. The second kappa shape index (κ2) is 6.53. The van der Waals surface area contributed by atoms with Crippen molar-refractivity contribution in [1.29, 1.82) is 0 Å². The van der Waals surface area contributed by atoms with Crippen molar-refractivity contribution in [1.82, 2.24) is 9.21 Å². The maximum absolute atomic E-state index is 12.8. The van der Waals surface area contributed by atoms with Crippen molar-refractivity contribution in [2.45, 2.75) is 16.2 Å². The van der Waals surface area contributed by atoms with Crippen LogP contribution >= 0.6 is 11.8 Å². The average Bonchev–Trinajstić information content (AvgIpc) is 2.92. The van der Waals surface area contributed by atoms with E-state index in [1.165, 1.54) is 28.6 Å². The van der Waals surface area contributed by atoms with Gasteiger partial charge >= 0.3 is 0 Å². The number of nitro groups is 1. The Morgan fingerprint density at radius 1 is 1.32 bits per heavy atom. The SMILES string of the molecule is CS[C@@H]1CN(S(=O)(=O)c2ccccc2[N+](=O)[O-])C[C@H]1N(C)C. The number of hydrogen-bond acceptors (Lipinski definition) is 6. The molecule has 0 radical (unpaired) electrons. The third kappa shape index (κ3) is 3.12. The molecule has 0 aromatic heterocycles. The highest BCUT2D eigenvalue weighted by Gasteiger charge is 2.41. The molecule has 1 saturated heterocycles. The number of benzene rings is 1. The minimum Gasteiger partial charge on any atom is -0.304 e. The maximum Gasteiger partial charge on any atom is 0.289 e. The molecule has 1 fully saturated rings. The fourth-order valence-electron chi connectivity index (χ4n) is 2.61. The van der Waals surface area contributed by atoms with Gasteiger partial charge in [0.25, 0.3) is 5.69 Å². The van der Waals surface area contributed by atoms with Crippen molar-refractivity contribution in [3.8, 4) is 0 Å². The molecule has 0 N–H and O–H groups in total. The van der Waals surface area contributed by atoms with Gasteiger partial charge in [0.05, 0.1) is 4.92 Å². The molecule has 0 bridgehead atoms. The van der Waals surface area contributed by atoms with Gasteiger partial charge < -0.3 is 4.90 Å². The van der Waals surface area contributed by atoms with E-state index in [2.05, 4.69) is 0 Å². The largest absolute Gasteiger partial charge is 0.304 e. The maximum atomic E-state index is 12.8. The molecule has 0 aliphatic carbocycles. The summed E-state index contributed by atoms with van der Waals surface area (Å²) in [5, 5.41) is 11.2. The standard InChI is InChI=1S/C13H19N3O4S2/c1-14(2)11-8-15(9-12(11)21-3)22(19,20)13-7-5-4-6-10(13)16(17)18/h4-7,11-12H,8-9H2,1-3H3/t11-,12-/m1/s1. The van der Waals surface area contributed by atoms with Crippen molar-refractivity contribution in [2.75, 3.05) is 33.4 Å². The predicted octanol–water partition coefficient (Wildman–Crippen LogP) is 1.26. The molecule has 1 heterocycles. The summed E-state index contributed by atoms with van der Waals surface area (Å²) in [6, 6.07) is 5.58. The topological polar surface area (TPSA) is 83.8 Å². The molecule has 2 atom stereocenters. The molecule has 22 heavy (non-hydrogen) atoms. The molecule has 0 unspecified atom stereocenters. The quantitative estimate of drug-likeness (QED) is 0.590. The number of para-hydroxylation sites is 1. The van der Waals surface area contributed by atoms with Crippen LogP contribution in [0.4, 0.5) is 5.69 Å². The van der Waals surface area contributed by atoms with Crippen LogP contribution in [0.1, 0.15) is 0 Å². The lowest BCUT2D eigenvalue weighted by atomic mass is 10.2. The van der Waals surface area contributed by atoms with E-state index in [0.29, 0.717) is 13.1 Å². The second-order valence-electron chi connectivity index (χ2n) is 5.35. The van der Waals surface area contributed by atoms with Crippen LogP contribution < -0.4 is 0 Å². The van der Waals surface area contributed by atoms with Crippen LogP contribution in [-0.4, -0.2) is 67.3 Å². The number of hydrogen-bond donors (Lipinski definition) is 0. The van der Waals surface area contributed by atoms with Crippen molar-refractivity contribution in [3.63, 3.8) is 0 Å². The van der Waals surface area contributed by atoms with E-state index >= 15 is 0 Å². The Morgan fingerprint density at radius 2 is 1.95 bits per heavy atom. The van der Waals surface area contributed by atoms with Gasteiger partial charge in [0.2, 0.25) is 10.0 Å². The summed E-state index contributed by atoms with van der Waals surface area (Å²) in [6.45, 7) is 0.700. The number of rotatable bonds is 5. The zero-order valence-electron chi connectivity index (χ0n) is 12.7. The van der Waals surface area contributed by atoms with Crippen molar-refractivity contribution in [2.24, 2.45) is 0 Å². The van der Waals surface area contributed by atoms with Gasteiger partial charge in [-0.2, -0.15) is 16.1 Å². The zero-order valence-corrected chi connectivity index (χ0v) is 14.3. The van der Waals surface area contributed by atoms with Crippen molar-refractivity contribution in [3.05, 3.63) is 34.4 Å². The van der Waals surface area contributed by atoms with Crippen molar-refractivity contribution < 1.29 is 13.3 Å². The van der Waals surface area contributed by atoms with E-state index in [1.807, 2.05) is 25.3 Å². The molecule has 1 aromatic carbocycles. The third-order valence-electron chi connectivity index (χ3n) is 3.85. The van der Waals surface area contributed by atoms with E-state index in [1.54, 1.807) is 11.8 Å². The lowest BCUT2D eigenvalue weighted by Crippen LogP contribution is -2.37. The minimum absolute atomic E-state index is 0.0903. The van der Waals surface area contributed by atoms with E-state index < -0.39 is 14.9 Å². The Hall–Kier alpha value is -1.16. The van der Waals surface area contributed by atoms with Gasteiger partial charge in [-0.1, -0.05) is 12.1 Å². The summed E-state index contributed by atoms with van der Waals surface area (Å²) < 4.78 is 26.9. The first-order valence-corrected chi connectivity index (χ1v) is 9.44. The summed E-state index contributed by atoms with van der Waals surface area (Å²) >= 11 is 1.61. The molecule has 0 saturated carbocycles. The number of likely N-dealkylation sites (N-methyl/N-ethyl adjacent to an activating group) is 1. The monoisotopic (exact) mass is 345 g/mol. The van der Waals surface area contributed by atoms with E-state index in [0.717, 1.165) is 0 Å². The summed E-state index contributed by atoms with van der Waals surface area (Å²) in [5.41, 5.74) is -0.378. The zero-order chi connectivity index (χ0) is 16.5. The Kier molecular flexibility index (Phi) is 5.10. The minimum atomic E-state index is -3.87. The molecule has 7 nitrogen and oxygen atoms in total. The van der Waals surface area contributed by atoms with Crippen LogP contribution in [0.3, 0.4) is 0 Å². The molecule has 2 rings (SSSR count). The normalized spacial score (nSPS) is 23.1. The molecule has 1 aromatic rings. The van der Waals surface area contributed by atoms with Crippen LogP contribution in [0.2, 0.25) is 0 Å². The molecule has 122 valence electrons. The summed E-state index contributed by atoms with van der Waals surface area (Å²) in [5.74, 6) is 0. The predicted molar refractivity (Wildman–Crippen MR) is 86.6 cm³/mol. The van der Waals surface area contributed by atoms with E-state index in [9.17, 15) is 18.5 Å². The molecular formula is C13H19N3O4S2. The Morgan fingerprint density at radius 3 is 2.45 bits per heavy atom. The summed E-state index contributed by atoms with van der Waals surface area (Å²) in [6.07, 6.45) is 1.95. The first-order chi connectivity index (χ1) is 10.3. The number of nitro benzene ring substituents is 1. The highest BCUT2D eigenvalue weighted by Crippen LogP contribution is 2.32.